The van der Waals surface area contributed by atoms with Gasteiger partial charge >= 0.3 is 0 Å². The highest BCUT2D eigenvalue weighted by Crippen LogP contribution is 2.31. The van der Waals surface area contributed by atoms with Crippen molar-refractivity contribution in [2.45, 2.75) is 31.8 Å². The molecule has 3 aromatic heterocycles. The molecular formula is C25H31N7O2. The van der Waals surface area contributed by atoms with Gasteiger partial charge in [-0.25, -0.2) is 9.97 Å². The Bertz CT molecular complexity index is 1150. The van der Waals surface area contributed by atoms with E-state index in [9.17, 15) is 4.79 Å². The third kappa shape index (κ3) is 4.80. The minimum absolute atomic E-state index is 0.00300. The number of piperazine rings is 1. The fourth-order valence-corrected chi connectivity index (χ4v) is 4.61. The summed E-state index contributed by atoms with van der Waals surface area (Å²) in [5.74, 6) is 1.76. The number of hydrogen-bond acceptors (Lipinski definition) is 8. The van der Waals surface area contributed by atoms with Crippen LogP contribution in [0.25, 0.3) is 22.0 Å². The zero-order valence-electron chi connectivity index (χ0n) is 19.5. The molecule has 5 rings (SSSR count). The van der Waals surface area contributed by atoms with Gasteiger partial charge in [0.15, 0.2) is 0 Å². The predicted molar refractivity (Wildman–Crippen MR) is 133 cm³/mol. The van der Waals surface area contributed by atoms with Gasteiger partial charge in [0.1, 0.15) is 11.6 Å². The first kappa shape index (κ1) is 22.5. The number of hydrogen-bond donors (Lipinski definition) is 2. The Morgan fingerprint density at radius 3 is 2.71 bits per heavy atom. The summed E-state index contributed by atoms with van der Waals surface area (Å²) in [4.78, 5) is 30.3. The van der Waals surface area contributed by atoms with E-state index < -0.39 is 6.04 Å². The van der Waals surface area contributed by atoms with Crippen LogP contribution in [-0.2, 0) is 9.53 Å². The number of nitrogens with two attached hydrogens (primary N) is 1. The molecule has 0 bridgehead atoms. The molecule has 1 atom stereocenters. The van der Waals surface area contributed by atoms with E-state index in [1.54, 1.807) is 13.1 Å². The van der Waals surface area contributed by atoms with Gasteiger partial charge in [-0.3, -0.25) is 9.78 Å². The van der Waals surface area contributed by atoms with Crippen LogP contribution in [0, 0.1) is 0 Å². The number of nitrogens with zero attached hydrogens (tertiary/aromatic N) is 5. The molecule has 0 aliphatic carbocycles. The van der Waals surface area contributed by atoms with Crippen LogP contribution in [0.5, 0.6) is 0 Å². The van der Waals surface area contributed by atoms with Crippen molar-refractivity contribution < 1.29 is 9.53 Å². The summed E-state index contributed by atoms with van der Waals surface area (Å²) >= 11 is 0. The number of rotatable bonds is 5. The average Bonchev–Trinajstić information content (AvgIpc) is 2.88. The number of carbonyl (C=O) groups excluding carboxylic acids is 1. The molecule has 3 N–H and O–H groups in total. The Hall–Kier alpha value is -3.30. The van der Waals surface area contributed by atoms with Crippen molar-refractivity contribution in [3.05, 3.63) is 42.9 Å². The van der Waals surface area contributed by atoms with Gasteiger partial charge in [-0.1, -0.05) is 0 Å². The fraction of sp³-hybridized carbons (Fsp3) is 0.440. The van der Waals surface area contributed by atoms with E-state index in [4.69, 9.17) is 15.5 Å². The van der Waals surface area contributed by atoms with Gasteiger partial charge in [0.25, 0.3) is 0 Å². The number of anilines is 2. The standard InChI is InChI=1S/C25H31N7O2/c1-17(26)25(33)32-10-8-31(9-11-32)24-21-3-6-27-16-19(21)14-22(30-24)18-2-7-28-23(15-18)29-20-4-12-34-13-5-20/h2-3,6-7,14-17,20H,4-5,8-13,26H2,1H3,(H,28,29). The summed E-state index contributed by atoms with van der Waals surface area (Å²) in [6, 6.07) is 8.03. The molecule has 0 aromatic carbocycles. The van der Waals surface area contributed by atoms with Gasteiger partial charge in [-0.05, 0) is 44.0 Å². The number of pyridine rings is 3. The molecule has 2 saturated heterocycles. The number of ether oxygens (including phenoxy) is 1. The molecule has 9 heteroatoms. The summed E-state index contributed by atoms with van der Waals surface area (Å²) in [7, 11) is 0. The molecule has 2 aliphatic rings. The average molecular weight is 462 g/mol. The van der Waals surface area contributed by atoms with Gasteiger partial charge < -0.3 is 25.6 Å². The number of fused-ring (bicyclic) bond motifs is 1. The third-order valence-electron chi connectivity index (χ3n) is 6.52. The van der Waals surface area contributed by atoms with E-state index in [-0.39, 0.29) is 5.91 Å². The lowest BCUT2D eigenvalue weighted by molar-refractivity contribution is -0.132. The van der Waals surface area contributed by atoms with Crippen LogP contribution in [0.3, 0.4) is 0 Å². The fourth-order valence-electron chi connectivity index (χ4n) is 4.61. The Morgan fingerprint density at radius 2 is 1.94 bits per heavy atom. The van der Waals surface area contributed by atoms with Crippen molar-refractivity contribution in [2.75, 3.05) is 49.6 Å². The molecule has 9 nitrogen and oxygen atoms in total. The highest BCUT2D eigenvalue weighted by molar-refractivity contribution is 5.94. The van der Waals surface area contributed by atoms with E-state index in [0.717, 1.165) is 59.7 Å². The van der Waals surface area contributed by atoms with Crippen molar-refractivity contribution in [1.29, 1.82) is 0 Å². The zero-order valence-corrected chi connectivity index (χ0v) is 19.5. The first-order valence-corrected chi connectivity index (χ1v) is 11.9. The number of amides is 1. The predicted octanol–water partition coefficient (Wildman–Crippen LogP) is 2.28. The Morgan fingerprint density at radius 1 is 1.15 bits per heavy atom. The molecule has 178 valence electrons. The lowest BCUT2D eigenvalue weighted by Crippen LogP contribution is -2.52. The van der Waals surface area contributed by atoms with Gasteiger partial charge in [0, 0.05) is 80.4 Å². The van der Waals surface area contributed by atoms with Crippen LogP contribution in [0.4, 0.5) is 11.6 Å². The molecule has 0 saturated carbocycles. The van der Waals surface area contributed by atoms with Crippen molar-refractivity contribution in [1.82, 2.24) is 19.9 Å². The van der Waals surface area contributed by atoms with Crippen LogP contribution >= 0.6 is 0 Å². The van der Waals surface area contributed by atoms with Crippen molar-refractivity contribution >= 4 is 28.3 Å². The maximum Gasteiger partial charge on any atom is 0.239 e. The van der Waals surface area contributed by atoms with Crippen molar-refractivity contribution in [3.8, 4) is 11.3 Å². The summed E-state index contributed by atoms with van der Waals surface area (Å²) in [6.45, 7) is 5.98. The van der Waals surface area contributed by atoms with Gasteiger partial charge in [0.2, 0.25) is 5.91 Å². The summed E-state index contributed by atoms with van der Waals surface area (Å²) in [6.07, 6.45) is 7.46. The molecular weight excluding hydrogens is 430 g/mol. The van der Waals surface area contributed by atoms with Crippen LogP contribution in [0.2, 0.25) is 0 Å². The topological polar surface area (TPSA) is 110 Å². The minimum Gasteiger partial charge on any atom is -0.381 e. The Labute approximate surface area is 199 Å². The normalized spacial score (nSPS) is 18.2. The van der Waals surface area contributed by atoms with Crippen LogP contribution in [-0.4, -0.2) is 77.2 Å². The molecule has 0 radical (unpaired) electrons. The second-order valence-electron chi connectivity index (χ2n) is 8.99. The lowest BCUT2D eigenvalue weighted by atomic mass is 10.1. The number of aromatic nitrogens is 3. The maximum atomic E-state index is 12.3. The SMILES string of the molecule is CC(N)C(=O)N1CCN(c2nc(-c3ccnc(NC4CCOCC4)c3)cc3cnccc23)CC1. The molecule has 1 unspecified atom stereocenters. The van der Waals surface area contributed by atoms with E-state index in [0.29, 0.717) is 32.2 Å². The molecule has 2 aliphatic heterocycles. The summed E-state index contributed by atoms with van der Waals surface area (Å²) in [5.41, 5.74) is 7.68. The van der Waals surface area contributed by atoms with Crippen LogP contribution < -0.4 is 16.0 Å². The van der Waals surface area contributed by atoms with Gasteiger partial charge in [-0.2, -0.15) is 0 Å². The molecule has 3 aromatic rings. The van der Waals surface area contributed by atoms with E-state index in [2.05, 4.69) is 32.3 Å². The molecule has 1 amide bonds. The first-order valence-electron chi connectivity index (χ1n) is 11.9. The Kier molecular flexibility index (Phi) is 6.55. The molecule has 2 fully saturated rings. The van der Waals surface area contributed by atoms with Crippen LogP contribution in [0.15, 0.2) is 42.9 Å². The highest BCUT2D eigenvalue weighted by Gasteiger charge is 2.25. The zero-order chi connectivity index (χ0) is 23.5. The second-order valence-corrected chi connectivity index (χ2v) is 8.99. The van der Waals surface area contributed by atoms with E-state index in [1.165, 1.54) is 0 Å². The Balaban J connectivity index is 1.43. The van der Waals surface area contributed by atoms with E-state index in [1.807, 2.05) is 29.4 Å². The van der Waals surface area contributed by atoms with Crippen LogP contribution in [0.1, 0.15) is 19.8 Å². The summed E-state index contributed by atoms with van der Waals surface area (Å²) < 4.78 is 5.46. The largest absolute Gasteiger partial charge is 0.381 e. The highest BCUT2D eigenvalue weighted by atomic mass is 16.5. The van der Waals surface area contributed by atoms with Crippen molar-refractivity contribution in [3.63, 3.8) is 0 Å². The molecule has 0 spiro atoms. The quantitative estimate of drug-likeness (QED) is 0.596. The van der Waals surface area contributed by atoms with Gasteiger partial charge in [0.05, 0.1) is 11.7 Å². The number of carbonyl (C=O) groups is 1. The second kappa shape index (κ2) is 9.90. The smallest absolute Gasteiger partial charge is 0.239 e. The van der Waals surface area contributed by atoms with Gasteiger partial charge in [-0.15, -0.1) is 0 Å². The lowest BCUT2D eigenvalue weighted by Gasteiger charge is -2.36. The first-order chi connectivity index (χ1) is 16.6. The maximum absolute atomic E-state index is 12.3. The summed E-state index contributed by atoms with van der Waals surface area (Å²) in [5, 5.41) is 5.63. The van der Waals surface area contributed by atoms with E-state index >= 15 is 0 Å². The number of nitrogens with one attached hydrogen (secondary N) is 1. The molecule has 5 heterocycles. The van der Waals surface area contributed by atoms with Crippen molar-refractivity contribution in [2.24, 2.45) is 5.73 Å². The molecule has 34 heavy (non-hydrogen) atoms. The monoisotopic (exact) mass is 461 g/mol. The third-order valence-corrected chi connectivity index (χ3v) is 6.52. The minimum atomic E-state index is -0.476.